The number of benzene rings is 2. The Hall–Kier alpha value is -2.17. The van der Waals surface area contributed by atoms with Crippen molar-refractivity contribution in [3.8, 4) is 5.75 Å². The molecule has 1 saturated heterocycles. The highest BCUT2D eigenvalue weighted by atomic mass is 16.5. The molecule has 24 heavy (non-hydrogen) atoms. The molecule has 0 bridgehead atoms. The van der Waals surface area contributed by atoms with Crippen LogP contribution in [0.25, 0.3) is 0 Å². The van der Waals surface area contributed by atoms with Gasteiger partial charge in [0.2, 0.25) is 0 Å². The molecule has 0 N–H and O–H groups in total. The third-order valence-electron chi connectivity index (χ3n) is 4.20. The predicted octanol–water partition coefficient (Wildman–Crippen LogP) is 3.09. The first-order valence-corrected chi connectivity index (χ1v) is 8.33. The first-order valence-electron chi connectivity index (χ1n) is 8.33. The number of morpholine rings is 1. The Bertz CT molecular complexity index is 679. The van der Waals surface area contributed by atoms with E-state index in [4.69, 9.17) is 9.47 Å². The molecule has 3 rings (SSSR count). The van der Waals surface area contributed by atoms with Gasteiger partial charge in [0.05, 0.1) is 19.8 Å². The lowest BCUT2D eigenvalue weighted by Crippen LogP contribution is -2.39. The Morgan fingerprint density at radius 1 is 1.12 bits per heavy atom. The maximum Gasteiger partial charge on any atom is 0.176 e. The second-order valence-corrected chi connectivity index (χ2v) is 6.07. The van der Waals surface area contributed by atoms with Gasteiger partial charge in [0.1, 0.15) is 12.4 Å². The van der Waals surface area contributed by atoms with Gasteiger partial charge in [-0.1, -0.05) is 30.3 Å². The SMILES string of the molecule is Cc1cc(C(=O)CN2CCOCC2)ccc1OCc1ccccc1. The van der Waals surface area contributed by atoms with E-state index in [-0.39, 0.29) is 5.78 Å². The molecule has 0 saturated carbocycles. The van der Waals surface area contributed by atoms with Crippen molar-refractivity contribution in [3.05, 3.63) is 65.2 Å². The van der Waals surface area contributed by atoms with Crippen LogP contribution >= 0.6 is 0 Å². The Labute approximate surface area is 143 Å². The van der Waals surface area contributed by atoms with Crippen molar-refractivity contribution in [2.24, 2.45) is 0 Å². The van der Waals surface area contributed by atoms with E-state index in [0.717, 1.165) is 35.5 Å². The Morgan fingerprint density at radius 2 is 1.88 bits per heavy atom. The van der Waals surface area contributed by atoms with Gasteiger partial charge in [0.25, 0.3) is 0 Å². The lowest BCUT2D eigenvalue weighted by atomic mass is 10.1. The van der Waals surface area contributed by atoms with Crippen LogP contribution in [0.3, 0.4) is 0 Å². The molecule has 0 aliphatic carbocycles. The van der Waals surface area contributed by atoms with Gasteiger partial charge in [-0.2, -0.15) is 0 Å². The van der Waals surface area contributed by atoms with Crippen LogP contribution in [0.1, 0.15) is 21.5 Å². The fourth-order valence-electron chi connectivity index (χ4n) is 2.77. The van der Waals surface area contributed by atoms with E-state index in [1.54, 1.807) is 0 Å². The van der Waals surface area contributed by atoms with Crippen LogP contribution in [-0.2, 0) is 11.3 Å². The second kappa shape index (κ2) is 8.08. The molecule has 1 heterocycles. The molecule has 0 atom stereocenters. The van der Waals surface area contributed by atoms with Crippen LogP contribution in [0.2, 0.25) is 0 Å². The molecule has 1 aliphatic rings. The van der Waals surface area contributed by atoms with Crippen molar-refractivity contribution in [1.29, 1.82) is 0 Å². The molecule has 2 aromatic carbocycles. The number of ether oxygens (including phenoxy) is 2. The van der Waals surface area contributed by atoms with Gasteiger partial charge in [0, 0.05) is 18.7 Å². The van der Waals surface area contributed by atoms with Crippen LogP contribution in [0, 0.1) is 6.92 Å². The zero-order valence-corrected chi connectivity index (χ0v) is 14.0. The number of Topliss-reactive ketones (excluding diaryl/α,β-unsaturated/α-hetero) is 1. The number of rotatable bonds is 6. The topological polar surface area (TPSA) is 38.8 Å². The van der Waals surface area contributed by atoms with E-state index in [1.165, 1.54) is 0 Å². The maximum absolute atomic E-state index is 12.4. The van der Waals surface area contributed by atoms with Crippen molar-refractivity contribution < 1.29 is 14.3 Å². The van der Waals surface area contributed by atoms with E-state index >= 15 is 0 Å². The van der Waals surface area contributed by atoms with Crippen molar-refractivity contribution in [3.63, 3.8) is 0 Å². The van der Waals surface area contributed by atoms with E-state index in [2.05, 4.69) is 4.90 Å². The average Bonchev–Trinajstić information content (AvgIpc) is 2.62. The normalized spacial score (nSPS) is 15.2. The van der Waals surface area contributed by atoms with Gasteiger partial charge >= 0.3 is 0 Å². The molecule has 0 radical (unpaired) electrons. The molecule has 4 heteroatoms. The number of carbonyl (C=O) groups excluding carboxylic acids is 1. The predicted molar refractivity (Wildman–Crippen MR) is 93.5 cm³/mol. The molecule has 4 nitrogen and oxygen atoms in total. The summed E-state index contributed by atoms with van der Waals surface area (Å²) in [6, 6.07) is 15.7. The molecule has 0 amide bonds. The van der Waals surface area contributed by atoms with Crippen LogP contribution in [0.5, 0.6) is 5.75 Å². The highest BCUT2D eigenvalue weighted by Crippen LogP contribution is 2.21. The Kier molecular flexibility index (Phi) is 5.62. The summed E-state index contributed by atoms with van der Waals surface area (Å²) in [4.78, 5) is 14.6. The first-order chi connectivity index (χ1) is 11.7. The zero-order chi connectivity index (χ0) is 16.8. The monoisotopic (exact) mass is 325 g/mol. The van der Waals surface area contributed by atoms with E-state index in [0.29, 0.717) is 26.4 Å². The summed E-state index contributed by atoms with van der Waals surface area (Å²) in [5.41, 5.74) is 2.86. The van der Waals surface area contributed by atoms with E-state index < -0.39 is 0 Å². The second-order valence-electron chi connectivity index (χ2n) is 6.07. The number of aryl methyl sites for hydroxylation is 1. The number of ketones is 1. The highest BCUT2D eigenvalue weighted by molar-refractivity contribution is 5.98. The first kappa shape index (κ1) is 16.7. The zero-order valence-electron chi connectivity index (χ0n) is 14.0. The van der Waals surface area contributed by atoms with Gasteiger partial charge in [-0.15, -0.1) is 0 Å². The molecule has 2 aromatic rings. The summed E-state index contributed by atoms with van der Waals surface area (Å²) in [5.74, 6) is 0.969. The van der Waals surface area contributed by atoms with Crippen LogP contribution < -0.4 is 4.74 Å². The van der Waals surface area contributed by atoms with Gasteiger partial charge in [-0.25, -0.2) is 0 Å². The van der Waals surface area contributed by atoms with Crippen LogP contribution in [0.15, 0.2) is 48.5 Å². The largest absolute Gasteiger partial charge is 0.489 e. The summed E-state index contributed by atoms with van der Waals surface area (Å²) in [6.07, 6.45) is 0. The Balaban J connectivity index is 1.60. The van der Waals surface area contributed by atoms with Crippen LogP contribution in [0.4, 0.5) is 0 Å². The lowest BCUT2D eigenvalue weighted by Gasteiger charge is -2.25. The number of hydrogen-bond donors (Lipinski definition) is 0. The Morgan fingerprint density at radius 3 is 2.58 bits per heavy atom. The number of nitrogens with zero attached hydrogens (tertiary/aromatic N) is 1. The van der Waals surface area contributed by atoms with Crippen molar-refractivity contribution in [2.45, 2.75) is 13.5 Å². The fourth-order valence-corrected chi connectivity index (χ4v) is 2.77. The van der Waals surface area contributed by atoms with Gasteiger partial charge in [-0.3, -0.25) is 9.69 Å². The summed E-state index contributed by atoms with van der Waals surface area (Å²) in [5, 5.41) is 0. The van der Waals surface area contributed by atoms with Crippen molar-refractivity contribution in [2.75, 3.05) is 32.8 Å². The maximum atomic E-state index is 12.4. The average molecular weight is 325 g/mol. The third-order valence-corrected chi connectivity index (χ3v) is 4.20. The smallest absolute Gasteiger partial charge is 0.176 e. The molecular weight excluding hydrogens is 302 g/mol. The minimum absolute atomic E-state index is 0.148. The standard InChI is InChI=1S/C20H23NO3/c1-16-13-18(19(22)14-21-9-11-23-12-10-21)7-8-20(16)24-15-17-5-3-2-4-6-17/h2-8,13H,9-12,14-15H2,1H3. The van der Waals surface area contributed by atoms with Crippen LogP contribution in [-0.4, -0.2) is 43.5 Å². The fraction of sp³-hybridized carbons (Fsp3) is 0.350. The van der Waals surface area contributed by atoms with Gasteiger partial charge in [-0.05, 0) is 36.2 Å². The summed E-state index contributed by atoms with van der Waals surface area (Å²) in [7, 11) is 0. The van der Waals surface area contributed by atoms with E-state index in [1.807, 2.05) is 55.5 Å². The lowest BCUT2D eigenvalue weighted by molar-refractivity contribution is 0.0371. The van der Waals surface area contributed by atoms with Gasteiger partial charge < -0.3 is 9.47 Å². The van der Waals surface area contributed by atoms with Gasteiger partial charge in [0.15, 0.2) is 5.78 Å². The summed E-state index contributed by atoms with van der Waals surface area (Å²) < 4.78 is 11.2. The molecule has 0 spiro atoms. The third kappa shape index (κ3) is 4.43. The number of hydrogen-bond acceptors (Lipinski definition) is 4. The molecule has 1 fully saturated rings. The minimum atomic E-state index is 0.148. The molecule has 0 unspecified atom stereocenters. The summed E-state index contributed by atoms with van der Waals surface area (Å²) in [6.45, 7) is 6.02. The van der Waals surface area contributed by atoms with E-state index in [9.17, 15) is 4.79 Å². The molecule has 1 aliphatic heterocycles. The summed E-state index contributed by atoms with van der Waals surface area (Å²) >= 11 is 0. The highest BCUT2D eigenvalue weighted by Gasteiger charge is 2.16. The van der Waals surface area contributed by atoms with Crippen molar-refractivity contribution >= 4 is 5.78 Å². The molecule has 126 valence electrons. The minimum Gasteiger partial charge on any atom is -0.489 e. The van der Waals surface area contributed by atoms with Crippen molar-refractivity contribution in [1.82, 2.24) is 4.90 Å². The number of carbonyl (C=O) groups is 1. The molecule has 0 aromatic heterocycles. The molecular formula is C20H23NO3. The quantitative estimate of drug-likeness (QED) is 0.765.